The zero-order valence-corrected chi connectivity index (χ0v) is 12.3. The van der Waals surface area contributed by atoms with Crippen molar-refractivity contribution in [3.63, 3.8) is 0 Å². The van der Waals surface area contributed by atoms with Crippen LogP contribution >= 0.6 is 0 Å². The largest absolute Gasteiger partial charge is 0.395 e. The lowest BCUT2D eigenvalue weighted by molar-refractivity contribution is 0.0563. The summed E-state index contributed by atoms with van der Waals surface area (Å²) < 4.78 is 5.56. The first-order chi connectivity index (χ1) is 10.2. The molecule has 4 nitrogen and oxygen atoms in total. The van der Waals surface area contributed by atoms with Crippen molar-refractivity contribution in [2.45, 2.75) is 25.9 Å². The van der Waals surface area contributed by atoms with Crippen LogP contribution in [-0.2, 0) is 4.74 Å². The summed E-state index contributed by atoms with van der Waals surface area (Å²) in [5.74, 6) is 5.86. The highest BCUT2D eigenvalue weighted by atomic mass is 16.5. The molecule has 0 aromatic heterocycles. The summed E-state index contributed by atoms with van der Waals surface area (Å²) in [5, 5.41) is 8.69. The van der Waals surface area contributed by atoms with Crippen LogP contribution in [0.4, 0.5) is 0 Å². The Bertz CT molecular complexity index is 527. The molecule has 1 N–H and O–H groups in total. The van der Waals surface area contributed by atoms with E-state index in [-0.39, 0.29) is 18.6 Å². The number of aliphatic hydroxyl groups is 1. The number of nitrogens with zero attached hydrogens (tertiary/aromatic N) is 1. The topological polar surface area (TPSA) is 49.8 Å². The maximum Gasteiger partial charge on any atom is 0.253 e. The van der Waals surface area contributed by atoms with Gasteiger partial charge in [0.2, 0.25) is 0 Å². The summed E-state index contributed by atoms with van der Waals surface area (Å²) >= 11 is 0. The van der Waals surface area contributed by atoms with Gasteiger partial charge in [-0.05, 0) is 37.6 Å². The molecule has 21 heavy (non-hydrogen) atoms. The molecule has 1 atom stereocenters. The normalized spacial score (nSPS) is 18.6. The minimum Gasteiger partial charge on any atom is -0.395 e. The van der Waals surface area contributed by atoms with E-state index in [9.17, 15) is 4.79 Å². The molecular formula is C17H21NO3. The van der Waals surface area contributed by atoms with Crippen LogP contribution < -0.4 is 0 Å². The Morgan fingerprint density at radius 3 is 2.90 bits per heavy atom. The third-order valence-corrected chi connectivity index (χ3v) is 3.34. The molecule has 1 amide bonds. The number of amides is 1. The predicted octanol–water partition coefficient (Wildman–Crippen LogP) is 1.67. The molecule has 1 aromatic rings. The molecule has 1 aliphatic rings. The van der Waals surface area contributed by atoms with Crippen molar-refractivity contribution in [2.75, 3.05) is 26.3 Å². The van der Waals surface area contributed by atoms with Crippen LogP contribution in [0, 0.1) is 11.8 Å². The molecule has 0 saturated carbocycles. The molecule has 1 unspecified atom stereocenters. The molecule has 0 spiro atoms. The van der Waals surface area contributed by atoms with Gasteiger partial charge in [-0.3, -0.25) is 4.79 Å². The van der Waals surface area contributed by atoms with Crippen LogP contribution in [0.1, 0.15) is 35.7 Å². The molecule has 4 heteroatoms. The number of carbonyl (C=O) groups excluding carboxylic acids is 1. The van der Waals surface area contributed by atoms with E-state index >= 15 is 0 Å². The molecule has 1 aromatic carbocycles. The quantitative estimate of drug-likeness (QED) is 0.842. The van der Waals surface area contributed by atoms with Crippen molar-refractivity contribution < 1.29 is 14.6 Å². The average molecular weight is 287 g/mol. The lowest BCUT2D eigenvalue weighted by atomic mass is 10.1. The third kappa shape index (κ3) is 4.59. The van der Waals surface area contributed by atoms with Gasteiger partial charge in [0.25, 0.3) is 5.91 Å². The Kier molecular flexibility index (Phi) is 5.79. The number of carbonyl (C=O) groups is 1. The zero-order chi connectivity index (χ0) is 15.1. The van der Waals surface area contributed by atoms with Crippen LogP contribution in [0.15, 0.2) is 24.3 Å². The SMILES string of the molecule is CC1CN(C(=O)c2ccc(C#CCCO)cc2)CCCO1. The van der Waals surface area contributed by atoms with Gasteiger partial charge in [-0.2, -0.15) is 0 Å². The van der Waals surface area contributed by atoms with Crippen LogP contribution in [0.5, 0.6) is 0 Å². The van der Waals surface area contributed by atoms with Crippen molar-refractivity contribution in [3.8, 4) is 11.8 Å². The van der Waals surface area contributed by atoms with Gasteiger partial charge >= 0.3 is 0 Å². The number of ether oxygens (including phenoxy) is 1. The first-order valence-corrected chi connectivity index (χ1v) is 7.31. The smallest absolute Gasteiger partial charge is 0.253 e. The molecular weight excluding hydrogens is 266 g/mol. The van der Waals surface area contributed by atoms with Gasteiger partial charge in [-0.25, -0.2) is 0 Å². The van der Waals surface area contributed by atoms with E-state index in [1.165, 1.54) is 0 Å². The van der Waals surface area contributed by atoms with E-state index in [0.29, 0.717) is 25.1 Å². The second kappa shape index (κ2) is 7.82. The van der Waals surface area contributed by atoms with Crippen molar-refractivity contribution in [3.05, 3.63) is 35.4 Å². The Labute approximate surface area is 125 Å². The fourth-order valence-electron chi connectivity index (χ4n) is 2.28. The van der Waals surface area contributed by atoms with E-state index in [0.717, 1.165) is 18.5 Å². The van der Waals surface area contributed by atoms with E-state index in [1.54, 1.807) is 0 Å². The van der Waals surface area contributed by atoms with Crippen LogP contribution in [0.2, 0.25) is 0 Å². The monoisotopic (exact) mass is 287 g/mol. The average Bonchev–Trinajstić information content (AvgIpc) is 2.72. The first kappa shape index (κ1) is 15.6. The molecule has 1 heterocycles. The van der Waals surface area contributed by atoms with Crippen molar-refractivity contribution in [2.24, 2.45) is 0 Å². The van der Waals surface area contributed by atoms with E-state index in [2.05, 4.69) is 11.8 Å². The molecule has 1 saturated heterocycles. The van der Waals surface area contributed by atoms with Gasteiger partial charge in [-0.1, -0.05) is 11.8 Å². The maximum absolute atomic E-state index is 12.5. The Morgan fingerprint density at radius 2 is 2.19 bits per heavy atom. The van der Waals surface area contributed by atoms with Gasteiger partial charge in [-0.15, -0.1) is 0 Å². The zero-order valence-electron chi connectivity index (χ0n) is 12.3. The van der Waals surface area contributed by atoms with Gasteiger partial charge in [0.05, 0.1) is 12.7 Å². The second-order valence-electron chi connectivity index (χ2n) is 5.14. The van der Waals surface area contributed by atoms with Crippen LogP contribution in [0.3, 0.4) is 0 Å². The number of benzene rings is 1. The fourth-order valence-corrected chi connectivity index (χ4v) is 2.28. The summed E-state index contributed by atoms with van der Waals surface area (Å²) in [5.41, 5.74) is 1.53. The summed E-state index contributed by atoms with van der Waals surface area (Å²) in [6.45, 7) is 4.15. The minimum atomic E-state index is 0.0437. The van der Waals surface area contributed by atoms with Crippen LogP contribution in [0.25, 0.3) is 0 Å². The van der Waals surface area contributed by atoms with Crippen molar-refractivity contribution >= 4 is 5.91 Å². The third-order valence-electron chi connectivity index (χ3n) is 3.34. The number of hydrogen-bond donors (Lipinski definition) is 1. The molecule has 1 fully saturated rings. The van der Waals surface area contributed by atoms with Gasteiger partial charge in [0.15, 0.2) is 0 Å². The highest BCUT2D eigenvalue weighted by molar-refractivity contribution is 5.94. The summed E-state index contributed by atoms with van der Waals surface area (Å²) in [6, 6.07) is 7.30. The molecule has 0 radical (unpaired) electrons. The number of aliphatic hydroxyl groups excluding tert-OH is 1. The maximum atomic E-state index is 12.5. The fraction of sp³-hybridized carbons (Fsp3) is 0.471. The number of rotatable bonds is 2. The highest BCUT2D eigenvalue weighted by Crippen LogP contribution is 2.11. The molecule has 0 bridgehead atoms. The standard InChI is InChI=1S/C17H21NO3/c1-14-13-18(10-4-12-21-14)17(20)16-8-6-15(7-9-16)5-2-3-11-19/h6-9,14,19H,3-4,10-13H2,1H3. The summed E-state index contributed by atoms with van der Waals surface area (Å²) in [4.78, 5) is 14.3. The lowest BCUT2D eigenvalue weighted by Gasteiger charge is -2.22. The first-order valence-electron chi connectivity index (χ1n) is 7.31. The molecule has 0 aliphatic carbocycles. The van der Waals surface area contributed by atoms with Crippen LogP contribution in [-0.4, -0.2) is 48.3 Å². The molecule has 2 rings (SSSR count). The Morgan fingerprint density at radius 1 is 1.43 bits per heavy atom. The van der Waals surface area contributed by atoms with Gasteiger partial charge < -0.3 is 14.7 Å². The minimum absolute atomic E-state index is 0.0437. The van der Waals surface area contributed by atoms with Gasteiger partial charge in [0.1, 0.15) is 0 Å². The van der Waals surface area contributed by atoms with Crippen molar-refractivity contribution in [1.82, 2.24) is 4.90 Å². The summed E-state index contributed by atoms with van der Waals surface area (Å²) in [7, 11) is 0. The summed E-state index contributed by atoms with van der Waals surface area (Å²) in [6.07, 6.45) is 1.42. The van der Waals surface area contributed by atoms with E-state index in [4.69, 9.17) is 9.84 Å². The second-order valence-corrected chi connectivity index (χ2v) is 5.14. The lowest BCUT2D eigenvalue weighted by Crippen LogP contribution is -2.35. The Hall–Kier alpha value is -1.83. The predicted molar refractivity (Wildman–Crippen MR) is 81.0 cm³/mol. The van der Waals surface area contributed by atoms with E-state index < -0.39 is 0 Å². The van der Waals surface area contributed by atoms with Gasteiger partial charge in [0, 0.05) is 37.2 Å². The molecule has 1 aliphatic heterocycles. The van der Waals surface area contributed by atoms with E-state index in [1.807, 2.05) is 36.1 Å². The number of hydrogen-bond acceptors (Lipinski definition) is 3. The molecule has 112 valence electrons. The van der Waals surface area contributed by atoms with Crippen molar-refractivity contribution in [1.29, 1.82) is 0 Å². The Balaban J connectivity index is 2.04. The highest BCUT2D eigenvalue weighted by Gasteiger charge is 2.20.